The third-order valence-electron chi connectivity index (χ3n) is 3.25. The van der Waals surface area contributed by atoms with Crippen LogP contribution in [0.4, 0.5) is 4.39 Å². The smallest absolute Gasteiger partial charge is 0.215 e. The van der Waals surface area contributed by atoms with Crippen LogP contribution in [0.15, 0.2) is 18.2 Å². The first-order chi connectivity index (χ1) is 8.80. The predicted octanol–water partition coefficient (Wildman–Crippen LogP) is 1.81. The third-order valence-corrected chi connectivity index (χ3v) is 4.83. The van der Waals surface area contributed by atoms with Crippen LogP contribution in [0.1, 0.15) is 24.8 Å². The Hall–Kier alpha value is -0.690. The zero-order valence-corrected chi connectivity index (χ0v) is 11.8. The van der Waals surface area contributed by atoms with Gasteiger partial charge in [-0.1, -0.05) is 17.7 Å². The lowest BCUT2D eigenvalue weighted by atomic mass is 9.81. The maximum absolute atomic E-state index is 13.0. The Kier molecular flexibility index (Phi) is 4.15. The first-order valence-electron chi connectivity index (χ1n) is 5.93. The van der Waals surface area contributed by atoms with E-state index in [0.29, 0.717) is 18.4 Å². The van der Waals surface area contributed by atoms with E-state index in [1.165, 1.54) is 12.1 Å². The van der Waals surface area contributed by atoms with E-state index >= 15 is 0 Å². The van der Waals surface area contributed by atoms with Crippen molar-refractivity contribution in [1.82, 2.24) is 4.72 Å². The molecule has 1 aromatic carbocycles. The van der Waals surface area contributed by atoms with E-state index in [1.54, 1.807) is 0 Å². The van der Waals surface area contributed by atoms with Gasteiger partial charge in [-0.3, -0.25) is 0 Å². The van der Waals surface area contributed by atoms with Gasteiger partial charge in [-0.2, -0.15) is 0 Å². The fourth-order valence-corrected chi connectivity index (χ4v) is 3.32. The van der Waals surface area contributed by atoms with Crippen LogP contribution in [0.25, 0.3) is 0 Å². The molecule has 0 atom stereocenters. The molecule has 1 aliphatic carbocycles. The Morgan fingerprint density at radius 3 is 2.63 bits per heavy atom. The highest BCUT2D eigenvalue weighted by Gasteiger charge is 2.35. The summed E-state index contributed by atoms with van der Waals surface area (Å²) in [5.74, 6) is -0.872. The van der Waals surface area contributed by atoms with Crippen molar-refractivity contribution in [2.45, 2.75) is 30.6 Å². The topological polar surface area (TPSA) is 66.4 Å². The molecule has 0 aromatic heterocycles. The fraction of sp³-hybridized carbons (Fsp3) is 0.500. The van der Waals surface area contributed by atoms with Crippen LogP contribution in [0.3, 0.4) is 0 Å². The zero-order chi connectivity index (χ0) is 14.1. The van der Waals surface area contributed by atoms with Crippen molar-refractivity contribution in [1.29, 1.82) is 0 Å². The molecular weight excluding hydrogens is 293 g/mol. The Morgan fingerprint density at radius 2 is 2.11 bits per heavy atom. The fourth-order valence-electron chi connectivity index (χ4n) is 1.91. The van der Waals surface area contributed by atoms with E-state index in [4.69, 9.17) is 11.6 Å². The zero-order valence-electron chi connectivity index (χ0n) is 10.2. The molecule has 19 heavy (non-hydrogen) atoms. The number of nitrogens with one attached hydrogen (secondary N) is 1. The molecule has 7 heteroatoms. The number of sulfonamides is 1. The highest BCUT2D eigenvalue weighted by molar-refractivity contribution is 7.88. The van der Waals surface area contributed by atoms with Gasteiger partial charge in [0.1, 0.15) is 5.82 Å². The molecule has 0 amide bonds. The Morgan fingerprint density at radius 1 is 1.42 bits per heavy atom. The van der Waals surface area contributed by atoms with Gasteiger partial charge in [0, 0.05) is 6.54 Å². The van der Waals surface area contributed by atoms with Crippen molar-refractivity contribution in [2.75, 3.05) is 6.54 Å². The summed E-state index contributed by atoms with van der Waals surface area (Å²) < 4.78 is 39.0. The average molecular weight is 308 g/mol. The van der Waals surface area contributed by atoms with E-state index in [1.807, 2.05) is 0 Å². The summed E-state index contributed by atoms with van der Waals surface area (Å²) >= 11 is 5.59. The predicted molar refractivity (Wildman–Crippen MR) is 70.8 cm³/mol. The second kappa shape index (κ2) is 5.36. The lowest BCUT2D eigenvalue weighted by Gasteiger charge is -2.36. The largest absolute Gasteiger partial charge is 0.389 e. The molecule has 0 aliphatic heterocycles. The van der Waals surface area contributed by atoms with Crippen LogP contribution in [-0.4, -0.2) is 25.7 Å². The van der Waals surface area contributed by atoms with Gasteiger partial charge in [0.15, 0.2) is 0 Å². The lowest BCUT2D eigenvalue weighted by Crippen LogP contribution is -2.47. The minimum Gasteiger partial charge on any atom is -0.389 e. The molecular formula is C12H15ClFNO3S. The van der Waals surface area contributed by atoms with Crippen molar-refractivity contribution in [3.05, 3.63) is 34.6 Å². The molecule has 1 saturated carbocycles. The highest BCUT2D eigenvalue weighted by Crippen LogP contribution is 2.30. The number of halogens is 2. The van der Waals surface area contributed by atoms with Crippen molar-refractivity contribution in [3.63, 3.8) is 0 Å². The first-order valence-corrected chi connectivity index (χ1v) is 7.96. The second-order valence-corrected chi connectivity index (χ2v) is 7.12. The van der Waals surface area contributed by atoms with E-state index in [9.17, 15) is 17.9 Å². The maximum Gasteiger partial charge on any atom is 0.215 e. The Labute approximate surface area is 116 Å². The van der Waals surface area contributed by atoms with Gasteiger partial charge in [0.05, 0.1) is 16.4 Å². The lowest BCUT2D eigenvalue weighted by molar-refractivity contribution is -0.0271. The molecule has 0 heterocycles. The summed E-state index contributed by atoms with van der Waals surface area (Å²) in [6.45, 7) is 0.0181. The van der Waals surface area contributed by atoms with Gasteiger partial charge >= 0.3 is 0 Å². The van der Waals surface area contributed by atoms with Crippen molar-refractivity contribution < 1.29 is 17.9 Å². The summed E-state index contributed by atoms with van der Waals surface area (Å²) in [6, 6.07) is 3.79. The van der Waals surface area contributed by atoms with E-state index in [-0.39, 0.29) is 17.3 Å². The molecule has 106 valence electrons. The van der Waals surface area contributed by atoms with Gasteiger partial charge < -0.3 is 5.11 Å². The van der Waals surface area contributed by atoms with Crippen LogP contribution in [-0.2, 0) is 15.8 Å². The van der Waals surface area contributed by atoms with Gasteiger partial charge in [-0.05, 0) is 37.0 Å². The highest BCUT2D eigenvalue weighted by atomic mass is 35.5. The maximum atomic E-state index is 13.0. The monoisotopic (exact) mass is 307 g/mol. The van der Waals surface area contributed by atoms with E-state index in [0.717, 1.165) is 12.5 Å². The number of hydrogen-bond acceptors (Lipinski definition) is 3. The molecule has 0 radical (unpaired) electrons. The van der Waals surface area contributed by atoms with Gasteiger partial charge in [-0.25, -0.2) is 17.5 Å². The number of rotatable bonds is 5. The second-order valence-electron chi connectivity index (χ2n) is 4.91. The minimum absolute atomic E-state index is 0.0181. The average Bonchev–Trinajstić information content (AvgIpc) is 2.29. The summed E-state index contributed by atoms with van der Waals surface area (Å²) in [5.41, 5.74) is -0.507. The van der Waals surface area contributed by atoms with Crippen LogP contribution >= 0.6 is 11.6 Å². The molecule has 1 fully saturated rings. The Balaban J connectivity index is 1.98. The van der Waals surface area contributed by atoms with Crippen LogP contribution in [0, 0.1) is 5.82 Å². The molecule has 2 rings (SSSR count). The molecule has 0 bridgehead atoms. The number of benzene rings is 1. The van der Waals surface area contributed by atoms with Crippen LogP contribution in [0.5, 0.6) is 0 Å². The summed E-state index contributed by atoms with van der Waals surface area (Å²) in [4.78, 5) is 0. The SMILES string of the molecule is O=S(=O)(Cc1ccc(F)c(Cl)c1)NCC1(O)CCC1. The molecule has 0 spiro atoms. The molecule has 0 unspecified atom stereocenters. The number of hydrogen-bond donors (Lipinski definition) is 2. The summed E-state index contributed by atoms with van der Waals surface area (Å²) in [5, 5.41) is 9.72. The van der Waals surface area contributed by atoms with Crippen LogP contribution < -0.4 is 4.72 Å². The molecule has 2 N–H and O–H groups in total. The molecule has 1 aromatic rings. The van der Waals surface area contributed by atoms with Gasteiger partial charge in [0.25, 0.3) is 0 Å². The van der Waals surface area contributed by atoms with Crippen molar-refractivity contribution >= 4 is 21.6 Å². The van der Waals surface area contributed by atoms with Crippen LogP contribution in [0.2, 0.25) is 5.02 Å². The molecule has 4 nitrogen and oxygen atoms in total. The van der Waals surface area contributed by atoms with Gasteiger partial charge in [0.2, 0.25) is 10.0 Å². The number of aliphatic hydroxyl groups is 1. The third kappa shape index (κ3) is 3.89. The Bertz CT molecular complexity index is 572. The van der Waals surface area contributed by atoms with E-state index < -0.39 is 21.4 Å². The molecule has 1 aliphatic rings. The standard InChI is InChI=1S/C12H15ClFNO3S/c13-10-6-9(2-3-11(10)14)7-19(17,18)15-8-12(16)4-1-5-12/h2-3,6,15-16H,1,4-5,7-8H2. The van der Waals surface area contributed by atoms with Crippen molar-refractivity contribution in [3.8, 4) is 0 Å². The van der Waals surface area contributed by atoms with E-state index in [2.05, 4.69) is 4.72 Å². The summed E-state index contributed by atoms with van der Waals surface area (Å²) in [7, 11) is -3.56. The van der Waals surface area contributed by atoms with Crippen molar-refractivity contribution in [2.24, 2.45) is 0 Å². The minimum atomic E-state index is -3.56. The summed E-state index contributed by atoms with van der Waals surface area (Å²) in [6.07, 6.45) is 2.13. The van der Waals surface area contributed by atoms with Gasteiger partial charge in [-0.15, -0.1) is 0 Å². The quantitative estimate of drug-likeness (QED) is 0.872. The first kappa shape index (κ1) is 14.7. The normalized spacial score (nSPS) is 18.1. The molecule has 0 saturated heterocycles.